The maximum absolute atomic E-state index is 11.1. The first kappa shape index (κ1) is 12.2. The number of pyridine rings is 1. The van der Waals surface area contributed by atoms with Gasteiger partial charge in [0.05, 0.1) is 0 Å². The quantitative estimate of drug-likeness (QED) is 0.749. The van der Waals surface area contributed by atoms with Crippen molar-refractivity contribution in [1.29, 1.82) is 0 Å². The van der Waals surface area contributed by atoms with Crippen LogP contribution in [0.15, 0.2) is 23.9 Å². The predicted molar refractivity (Wildman–Crippen MR) is 63.7 cm³/mol. The van der Waals surface area contributed by atoms with E-state index in [-0.39, 0.29) is 0 Å². The fraction of sp³-hybridized carbons (Fsp3) is 0.333. The lowest BCUT2D eigenvalue weighted by Crippen LogP contribution is -2.17. The van der Waals surface area contributed by atoms with E-state index in [4.69, 9.17) is 10.8 Å². The molecule has 0 saturated carbocycles. The maximum Gasteiger partial charge on any atom is 0.332 e. The van der Waals surface area contributed by atoms with Gasteiger partial charge < -0.3 is 10.8 Å². The number of nitrogens with zero attached hydrogens (tertiary/aromatic N) is 1. The number of rotatable bonds is 2. The molecule has 1 aromatic heterocycles. The molecule has 0 aliphatic carbocycles. The Hall–Kier alpha value is -1.84. The van der Waals surface area contributed by atoms with Crippen LogP contribution in [0, 0.1) is 5.41 Å². The molecule has 0 bridgehead atoms. The number of anilines is 1. The van der Waals surface area contributed by atoms with Crippen LogP contribution in [-0.4, -0.2) is 16.1 Å². The Balaban J connectivity index is 3.13. The lowest BCUT2D eigenvalue weighted by Gasteiger charge is -2.19. The van der Waals surface area contributed by atoms with Crippen molar-refractivity contribution in [2.75, 3.05) is 5.73 Å². The number of hydrogen-bond acceptors (Lipinski definition) is 3. The van der Waals surface area contributed by atoms with Gasteiger partial charge in [0.1, 0.15) is 5.82 Å². The third kappa shape index (κ3) is 3.08. The van der Waals surface area contributed by atoms with Gasteiger partial charge in [0, 0.05) is 11.8 Å². The summed E-state index contributed by atoms with van der Waals surface area (Å²) in [6, 6.07) is 3.39. The molecule has 0 atom stereocenters. The number of aromatic nitrogens is 1. The number of carbonyl (C=O) groups is 1. The zero-order valence-electron chi connectivity index (χ0n) is 9.69. The number of carboxylic acids is 1. The summed E-state index contributed by atoms with van der Waals surface area (Å²) in [5.41, 5.74) is 6.13. The summed E-state index contributed by atoms with van der Waals surface area (Å²) in [4.78, 5) is 15.0. The highest BCUT2D eigenvalue weighted by atomic mass is 16.4. The Morgan fingerprint density at radius 3 is 2.44 bits per heavy atom. The van der Waals surface area contributed by atoms with Crippen LogP contribution in [0.4, 0.5) is 5.82 Å². The molecule has 3 N–H and O–H groups in total. The van der Waals surface area contributed by atoms with Crippen molar-refractivity contribution in [1.82, 2.24) is 4.98 Å². The van der Waals surface area contributed by atoms with Gasteiger partial charge in [-0.1, -0.05) is 20.8 Å². The number of aliphatic carboxylic acids is 1. The Morgan fingerprint density at radius 2 is 2.06 bits per heavy atom. The lowest BCUT2D eigenvalue weighted by molar-refractivity contribution is -0.133. The molecule has 1 heterocycles. The van der Waals surface area contributed by atoms with Crippen LogP contribution >= 0.6 is 0 Å². The molecular weight excluding hydrogens is 204 g/mol. The molecule has 1 aromatic rings. The second kappa shape index (κ2) is 4.35. The summed E-state index contributed by atoms with van der Waals surface area (Å²) in [7, 11) is 0. The third-order valence-corrected chi connectivity index (χ3v) is 2.16. The molecule has 4 nitrogen and oxygen atoms in total. The molecule has 0 spiro atoms. The minimum atomic E-state index is -0.913. The van der Waals surface area contributed by atoms with E-state index in [1.165, 1.54) is 0 Å². The molecule has 0 saturated heterocycles. The van der Waals surface area contributed by atoms with Crippen molar-refractivity contribution >= 4 is 17.9 Å². The van der Waals surface area contributed by atoms with E-state index in [2.05, 4.69) is 4.98 Å². The summed E-state index contributed by atoms with van der Waals surface area (Å²) in [6.07, 6.45) is 3.18. The summed E-state index contributed by atoms with van der Waals surface area (Å²) in [6.45, 7) is 5.58. The molecule has 86 valence electrons. The molecule has 0 aliphatic rings. The highest BCUT2D eigenvalue weighted by molar-refractivity contribution is 5.93. The van der Waals surface area contributed by atoms with Crippen LogP contribution in [0.25, 0.3) is 6.08 Å². The van der Waals surface area contributed by atoms with E-state index in [9.17, 15) is 4.79 Å². The van der Waals surface area contributed by atoms with Gasteiger partial charge in [0.25, 0.3) is 0 Å². The summed E-state index contributed by atoms with van der Waals surface area (Å²) >= 11 is 0. The topological polar surface area (TPSA) is 76.2 Å². The fourth-order valence-electron chi connectivity index (χ4n) is 1.27. The van der Waals surface area contributed by atoms with Gasteiger partial charge in [0.15, 0.2) is 0 Å². The monoisotopic (exact) mass is 220 g/mol. The molecule has 16 heavy (non-hydrogen) atoms. The van der Waals surface area contributed by atoms with Gasteiger partial charge in [-0.3, -0.25) is 0 Å². The molecule has 1 rings (SSSR count). The van der Waals surface area contributed by atoms with Gasteiger partial charge >= 0.3 is 5.97 Å². The van der Waals surface area contributed by atoms with Gasteiger partial charge in [-0.05, 0) is 29.2 Å². The summed E-state index contributed by atoms with van der Waals surface area (Å²) in [5, 5.41) is 9.11. The van der Waals surface area contributed by atoms with Crippen LogP contribution in [0.1, 0.15) is 26.3 Å². The Bertz CT molecular complexity index is 414. The molecule has 0 fully saturated rings. The third-order valence-electron chi connectivity index (χ3n) is 2.16. The SMILES string of the molecule is CC(C)(C)C(=Cc1ccc(N)nc1)C(=O)O. The van der Waals surface area contributed by atoms with Gasteiger partial charge in [-0.25, -0.2) is 9.78 Å². The minimum Gasteiger partial charge on any atom is -0.478 e. The average molecular weight is 220 g/mol. The van der Waals surface area contributed by atoms with Crippen molar-refractivity contribution in [3.05, 3.63) is 29.5 Å². The van der Waals surface area contributed by atoms with Gasteiger partial charge in [-0.2, -0.15) is 0 Å². The maximum atomic E-state index is 11.1. The van der Waals surface area contributed by atoms with E-state index < -0.39 is 11.4 Å². The van der Waals surface area contributed by atoms with E-state index in [1.54, 1.807) is 24.4 Å². The van der Waals surface area contributed by atoms with Crippen molar-refractivity contribution in [3.8, 4) is 0 Å². The van der Waals surface area contributed by atoms with Crippen LogP contribution < -0.4 is 5.73 Å². The Labute approximate surface area is 94.8 Å². The van der Waals surface area contributed by atoms with Gasteiger partial charge in [0.2, 0.25) is 0 Å². The average Bonchev–Trinajstić information content (AvgIpc) is 2.14. The number of nitrogen functional groups attached to an aromatic ring is 1. The Morgan fingerprint density at radius 1 is 1.44 bits per heavy atom. The van der Waals surface area contributed by atoms with Crippen LogP contribution in [-0.2, 0) is 4.79 Å². The Kier molecular flexibility index (Phi) is 3.32. The highest BCUT2D eigenvalue weighted by Gasteiger charge is 2.23. The zero-order chi connectivity index (χ0) is 12.3. The van der Waals surface area contributed by atoms with Crippen molar-refractivity contribution in [3.63, 3.8) is 0 Å². The predicted octanol–water partition coefficient (Wildman–Crippen LogP) is 2.18. The van der Waals surface area contributed by atoms with Crippen LogP contribution in [0.5, 0.6) is 0 Å². The number of carboxylic acid groups (broad SMARTS) is 1. The highest BCUT2D eigenvalue weighted by Crippen LogP contribution is 2.27. The largest absolute Gasteiger partial charge is 0.478 e. The van der Waals surface area contributed by atoms with Crippen LogP contribution in [0.2, 0.25) is 0 Å². The van der Waals surface area contributed by atoms with Crippen molar-refractivity contribution in [2.45, 2.75) is 20.8 Å². The van der Waals surface area contributed by atoms with Gasteiger partial charge in [-0.15, -0.1) is 0 Å². The zero-order valence-corrected chi connectivity index (χ0v) is 9.69. The normalized spacial score (nSPS) is 12.6. The van der Waals surface area contributed by atoms with E-state index in [0.29, 0.717) is 11.4 Å². The molecule has 4 heteroatoms. The number of hydrogen-bond donors (Lipinski definition) is 2. The molecule has 0 aromatic carbocycles. The molecule has 0 aliphatic heterocycles. The van der Waals surface area contributed by atoms with Crippen molar-refractivity contribution < 1.29 is 9.90 Å². The smallest absolute Gasteiger partial charge is 0.332 e. The summed E-state index contributed by atoms with van der Waals surface area (Å²) < 4.78 is 0. The second-order valence-electron chi connectivity index (χ2n) is 4.63. The van der Waals surface area contributed by atoms with Crippen LogP contribution in [0.3, 0.4) is 0 Å². The first-order valence-electron chi connectivity index (χ1n) is 4.97. The first-order chi connectivity index (χ1) is 7.30. The van der Waals surface area contributed by atoms with Crippen molar-refractivity contribution in [2.24, 2.45) is 5.41 Å². The van der Waals surface area contributed by atoms with E-state index in [1.807, 2.05) is 20.8 Å². The minimum absolute atomic E-state index is 0.346. The second-order valence-corrected chi connectivity index (χ2v) is 4.63. The molecule has 0 unspecified atom stereocenters. The standard InChI is InChI=1S/C12H16N2O2/c1-12(2,3)9(11(15)16)6-8-4-5-10(13)14-7-8/h4-7H,1-3H3,(H2,13,14)(H,15,16). The van der Waals surface area contributed by atoms with E-state index >= 15 is 0 Å². The summed E-state index contributed by atoms with van der Waals surface area (Å²) in [5.74, 6) is -0.492. The number of nitrogens with two attached hydrogens (primary N) is 1. The van der Waals surface area contributed by atoms with E-state index in [0.717, 1.165) is 5.56 Å². The molecular formula is C12H16N2O2. The lowest BCUT2D eigenvalue weighted by atomic mass is 9.85. The first-order valence-corrected chi connectivity index (χ1v) is 4.97. The molecule has 0 radical (unpaired) electrons. The molecule has 0 amide bonds. The fourth-order valence-corrected chi connectivity index (χ4v) is 1.27.